The molecule has 0 atom stereocenters. The molecule has 58 valence electrons. The molecular formula is C9H11NO. The number of allylic oxidation sites excluding steroid dienone is 2. The first-order chi connectivity index (χ1) is 5.38. The number of fused-ring (bicyclic) bond motifs is 1. The maximum absolute atomic E-state index is 11.2. The first-order valence-electron chi connectivity index (χ1n) is 4.06. The van der Waals surface area contributed by atoms with E-state index in [2.05, 4.69) is 11.4 Å². The number of hydrogen-bond donors (Lipinski definition) is 1. The fraction of sp³-hybridized carbons (Fsp3) is 0.444. The molecule has 1 N–H and O–H groups in total. The molecule has 1 fully saturated rings. The van der Waals surface area contributed by atoms with E-state index in [1.807, 2.05) is 6.08 Å². The molecule has 0 aromatic heterocycles. The number of carbonyl (C=O) groups excluding carboxylic acids is 1. The second-order valence-corrected chi connectivity index (χ2v) is 2.93. The lowest BCUT2D eigenvalue weighted by molar-refractivity contribution is -0.117. The fourth-order valence-corrected chi connectivity index (χ4v) is 1.61. The van der Waals surface area contributed by atoms with Gasteiger partial charge in [-0.25, -0.2) is 0 Å². The monoisotopic (exact) mass is 149 g/mol. The Balaban J connectivity index is 2.31. The number of rotatable bonds is 0. The number of nitrogens with one attached hydrogen (secondary N) is 1. The van der Waals surface area contributed by atoms with E-state index in [4.69, 9.17) is 0 Å². The minimum Gasteiger partial charge on any atom is -0.352 e. The van der Waals surface area contributed by atoms with Crippen molar-refractivity contribution in [3.63, 3.8) is 0 Å². The van der Waals surface area contributed by atoms with Crippen molar-refractivity contribution in [2.45, 2.75) is 19.3 Å². The van der Waals surface area contributed by atoms with Gasteiger partial charge in [-0.2, -0.15) is 0 Å². The Kier molecular flexibility index (Phi) is 1.53. The molecular weight excluding hydrogens is 138 g/mol. The van der Waals surface area contributed by atoms with Crippen LogP contribution >= 0.6 is 0 Å². The van der Waals surface area contributed by atoms with Crippen LogP contribution in [0.15, 0.2) is 23.3 Å². The Labute approximate surface area is 66.0 Å². The molecule has 0 aromatic rings. The second kappa shape index (κ2) is 2.53. The van der Waals surface area contributed by atoms with E-state index in [1.54, 1.807) is 0 Å². The summed E-state index contributed by atoms with van der Waals surface area (Å²) in [6, 6.07) is 0. The van der Waals surface area contributed by atoms with E-state index in [-0.39, 0.29) is 5.91 Å². The summed E-state index contributed by atoms with van der Waals surface area (Å²) in [7, 11) is 0. The van der Waals surface area contributed by atoms with Gasteiger partial charge in [-0.15, -0.1) is 0 Å². The van der Waals surface area contributed by atoms with Gasteiger partial charge in [-0.05, 0) is 24.8 Å². The zero-order valence-electron chi connectivity index (χ0n) is 6.39. The molecule has 0 spiro atoms. The van der Waals surface area contributed by atoms with Crippen LogP contribution in [-0.4, -0.2) is 12.5 Å². The van der Waals surface area contributed by atoms with Crippen LogP contribution in [0, 0.1) is 0 Å². The van der Waals surface area contributed by atoms with Gasteiger partial charge in [-0.1, -0.05) is 12.2 Å². The average Bonchev–Trinajstić information content (AvgIpc) is 2.06. The van der Waals surface area contributed by atoms with Crippen LogP contribution in [0.5, 0.6) is 0 Å². The van der Waals surface area contributed by atoms with Crippen LogP contribution in [0.4, 0.5) is 0 Å². The molecule has 1 aliphatic carbocycles. The quantitative estimate of drug-likeness (QED) is 0.550. The molecule has 0 saturated carbocycles. The molecule has 0 unspecified atom stereocenters. The molecule has 1 saturated heterocycles. The summed E-state index contributed by atoms with van der Waals surface area (Å²) < 4.78 is 0. The molecule has 2 rings (SSSR count). The molecule has 0 bridgehead atoms. The lowest BCUT2D eigenvalue weighted by atomic mass is 9.92. The summed E-state index contributed by atoms with van der Waals surface area (Å²) in [5, 5.41) is 2.83. The molecule has 2 nitrogen and oxygen atoms in total. The normalized spacial score (nSPS) is 23.1. The van der Waals surface area contributed by atoms with Gasteiger partial charge in [0.25, 0.3) is 5.91 Å². The van der Waals surface area contributed by atoms with E-state index < -0.39 is 0 Å². The van der Waals surface area contributed by atoms with Gasteiger partial charge in [0.15, 0.2) is 0 Å². The summed E-state index contributed by atoms with van der Waals surface area (Å²) in [5.41, 5.74) is 2.17. The van der Waals surface area contributed by atoms with Crippen molar-refractivity contribution in [1.82, 2.24) is 5.32 Å². The first kappa shape index (κ1) is 6.65. The lowest BCUT2D eigenvalue weighted by Gasteiger charge is -2.21. The SMILES string of the molecule is O=C1NCCC2=CCCC=C12. The number of amides is 1. The molecule has 2 heteroatoms. The highest BCUT2D eigenvalue weighted by Crippen LogP contribution is 2.23. The van der Waals surface area contributed by atoms with Crippen molar-refractivity contribution < 1.29 is 4.79 Å². The molecule has 1 aliphatic heterocycles. The third kappa shape index (κ3) is 1.09. The van der Waals surface area contributed by atoms with Crippen LogP contribution in [0.3, 0.4) is 0 Å². The van der Waals surface area contributed by atoms with Crippen molar-refractivity contribution in [1.29, 1.82) is 0 Å². The fourth-order valence-electron chi connectivity index (χ4n) is 1.61. The second-order valence-electron chi connectivity index (χ2n) is 2.93. The van der Waals surface area contributed by atoms with Crippen molar-refractivity contribution in [3.05, 3.63) is 23.3 Å². The van der Waals surface area contributed by atoms with Crippen molar-refractivity contribution in [2.24, 2.45) is 0 Å². The Morgan fingerprint density at radius 1 is 1.27 bits per heavy atom. The summed E-state index contributed by atoms with van der Waals surface area (Å²) >= 11 is 0. The highest BCUT2D eigenvalue weighted by Gasteiger charge is 2.19. The minimum atomic E-state index is 0.113. The zero-order chi connectivity index (χ0) is 7.68. The Bertz CT molecular complexity index is 250. The van der Waals surface area contributed by atoms with Crippen molar-refractivity contribution in [3.8, 4) is 0 Å². The predicted octanol–water partition coefficient (Wildman–Crippen LogP) is 1.15. The van der Waals surface area contributed by atoms with Crippen molar-refractivity contribution in [2.75, 3.05) is 6.54 Å². The molecule has 0 radical (unpaired) electrons. The highest BCUT2D eigenvalue weighted by molar-refractivity contribution is 5.99. The third-order valence-corrected chi connectivity index (χ3v) is 2.18. The smallest absolute Gasteiger partial charge is 0.251 e. The largest absolute Gasteiger partial charge is 0.352 e. The van der Waals surface area contributed by atoms with Gasteiger partial charge in [0.2, 0.25) is 0 Å². The maximum Gasteiger partial charge on any atom is 0.251 e. The number of piperidine rings is 1. The third-order valence-electron chi connectivity index (χ3n) is 2.18. The number of carbonyl (C=O) groups is 1. The van der Waals surface area contributed by atoms with Gasteiger partial charge < -0.3 is 5.32 Å². The molecule has 1 amide bonds. The van der Waals surface area contributed by atoms with E-state index in [1.165, 1.54) is 5.57 Å². The van der Waals surface area contributed by atoms with Crippen LogP contribution in [-0.2, 0) is 4.79 Å². The molecule has 2 aliphatic rings. The predicted molar refractivity (Wildman–Crippen MR) is 43.0 cm³/mol. The summed E-state index contributed by atoms with van der Waals surface area (Å²) in [4.78, 5) is 11.2. The summed E-state index contributed by atoms with van der Waals surface area (Å²) in [6.07, 6.45) is 7.37. The van der Waals surface area contributed by atoms with Gasteiger partial charge >= 0.3 is 0 Å². The summed E-state index contributed by atoms with van der Waals surface area (Å²) in [6.45, 7) is 0.808. The number of hydrogen-bond acceptors (Lipinski definition) is 1. The Morgan fingerprint density at radius 3 is 2.91 bits per heavy atom. The van der Waals surface area contributed by atoms with Crippen LogP contribution < -0.4 is 5.32 Å². The van der Waals surface area contributed by atoms with Gasteiger partial charge in [-0.3, -0.25) is 4.79 Å². The molecule has 0 aromatic carbocycles. The highest BCUT2D eigenvalue weighted by atomic mass is 16.1. The minimum absolute atomic E-state index is 0.113. The topological polar surface area (TPSA) is 29.1 Å². The van der Waals surface area contributed by atoms with E-state index in [9.17, 15) is 4.79 Å². The summed E-state index contributed by atoms with van der Waals surface area (Å²) in [5.74, 6) is 0.113. The average molecular weight is 149 g/mol. The van der Waals surface area contributed by atoms with E-state index in [0.717, 1.165) is 31.4 Å². The Morgan fingerprint density at radius 2 is 2.09 bits per heavy atom. The van der Waals surface area contributed by atoms with Crippen LogP contribution in [0.25, 0.3) is 0 Å². The zero-order valence-corrected chi connectivity index (χ0v) is 6.39. The van der Waals surface area contributed by atoms with E-state index in [0.29, 0.717) is 0 Å². The van der Waals surface area contributed by atoms with Gasteiger partial charge in [0, 0.05) is 12.1 Å². The molecule has 1 heterocycles. The lowest BCUT2D eigenvalue weighted by Crippen LogP contribution is -2.32. The maximum atomic E-state index is 11.2. The standard InChI is InChI=1S/C9H11NO/c11-9-8-4-2-1-3-7(8)5-6-10-9/h3-4H,1-2,5-6H2,(H,10,11). The van der Waals surface area contributed by atoms with Gasteiger partial charge in [0.05, 0.1) is 0 Å². The van der Waals surface area contributed by atoms with Crippen molar-refractivity contribution >= 4 is 5.91 Å². The Hall–Kier alpha value is -1.05. The van der Waals surface area contributed by atoms with E-state index >= 15 is 0 Å². The first-order valence-corrected chi connectivity index (χ1v) is 4.06. The van der Waals surface area contributed by atoms with Crippen LogP contribution in [0.2, 0.25) is 0 Å². The van der Waals surface area contributed by atoms with Crippen LogP contribution in [0.1, 0.15) is 19.3 Å². The molecule has 11 heavy (non-hydrogen) atoms. The van der Waals surface area contributed by atoms with Gasteiger partial charge in [0.1, 0.15) is 0 Å².